The Bertz CT molecular complexity index is 565. The van der Waals surface area contributed by atoms with E-state index in [1.54, 1.807) is 0 Å². The normalized spacial score (nSPS) is 17.5. The molecule has 1 aliphatic heterocycles. The van der Waals surface area contributed by atoms with Crippen molar-refractivity contribution >= 4 is 17.3 Å². The molecule has 0 radical (unpaired) electrons. The second-order valence-electron chi connectivity index (χ2n) is 4.67. The van der Waals surface area contributed by atoms with Crippen LogP contribution in [0.15, 0.2) is 6.07 Å². The number of carbonyl (C=O) groups excluding carboxylic acids is 1. The van der Waals surface area contributed by atoms with Crippen molar-refractivity contribution in [2.75, 3.05) is 10.6 Å². The van der Waals surface area contributed by atoms with Gasteiger partial charge in [0, 0.05) is 0 Å². The van der Waals surface area contributed by atoms with E-state index >= 15 is 0 Å². The van der Waals surface area contributed by atoms with Crippen LogP contribution in [0.5, 0.6) is 0 Å². The minimum Gasteiger partial charge on any atom is -0.367 e. The number of alkyl halides is 3. The van der Waals surface area contributed by atoms with Crippen molar-refractivity contribution in [2.45, 2.75) is 25.6 Å². The maximum atomic E-state index is 13.6. The second kappa shape index (κ2) is 3.82. The lowest BCUT2D eigenvalue weighted by atomic mass is 9.97. The molecule has 1 aliphatic rings. The Morgan fingerprint density at radius 1 is 1.16 bits per heavy atom. The van der Waals surface area contributed by atoms with Crippen LogP contribution >= 0.6 is 0 Å². The lowest BCUT2D eigenvalue weighted by molar-refractivity contribution is -0.137. The molecule has 0 saturated carbocycles. The van der Waals surface area contributed by atoms with Crippen molar-refractivity contribution in [1.29, 1.82) is 0 Å². The number of anilines is 2. The zero-order valence-corrected chi connectivity index (χ0v) is 9.88. The third-order valence-corrected chi connectivity index (χ3v) is 2.77. The summed E-state index contributed by atoms with van der Waals surface area (Å²) in [7, 11) is 0. The fourth-order valence-corrected chi connectivity index (χ4v) is 1.74. The number of nitrogens with one attached hydrogen (secondary N) is 2. The molecule has 0 unspecified atom stereocenters. The second-order valence-corrected chi connectivity index (χ2v) is 4.67. The first-order chi connectivity index (χ1) is 8.54. The van der Waals surface area contributed by atoms with Crippen LogP contribution in [0.1, 0.15) is 19.4 Å². The smallest absolute Gasteiger partial charge is 0.367 e. The summed E-state index contributed by atoms with van der Waals surface area (Å²) in [5, 5.41) is 4.25. The van der Waals surface area contributed by atoms with Gasteiger partial charge in [0.25, 0.3) is 0 Å². The first-order valence-corrected chi connectivity index (χ1v) is 5.23. The molecule has 1 aromatic carbocycles. The molecule has 1 amide bonds. The van der Waals surface area contributed by atoms with E-state index in [1.165, 1.54) is 13.8 Å². The molecule has 0 saturated heterocycles. The summed E-state index contributed by atoms with van der Waals surface area (Å²) >= 11 is 0. The van der Waals surface area contributed by atoms with Gasteiger partial charge in [-0.25, -0.2) is 8.78 Å². The number of halogens is 5. The lowest BCUT2D eigenvalue weighted by Gasteiger charge is -2.34. The molecule has 1 aromatic rings. The van der Waals surface area contributed by atoms with Crippen molar-refractivity contribution in [1.82, 2.24) is 0 Å². The summed E-state index contributed by atoms with van der Waals surface area (Å²) in [4.78, 5) is 11.6. The molecule has 19 heavy (non-hydrogen) atoms. The highest BCUT2D eigenvalue weighted by atomic mass is 19.4. The molecule has 104 valence electrons. The van der Waals surface area contributed by atoms with Gasteiger partial charge in [-0.15, -0.1) is 0 Å². The average Bonchev–Trinajstić information content (AvgIpc) is 2.25. The summed E-state index contributed by atoms with van der Waals surface area (Å²) < 4.78 is 65.0. The van der Waals surface area contributed by atoms with Gasteiger partial charge in [-0.3, -0.25) is 4.79 Å². The summed E-state index contributed by atoms with van der Waals surface area (Å²) in [6.07, 6.45) is -4.91. The van der Waals surface area contributed by atoms with E-state index in [2.05, 4.69) is 5.32 Å². The molecule has 0 atom stereocenters. The van der Waals surface area contributed by atoms with Crippen LogP contribution < -0.4 is 10.6 Å². The summed E-state index contributed by atoms with van der Waals surface area (Å²) in [6, 6.07) is 0.0223. The van der Waals surface area contributed by atoms with E-state index in [0.717, 1.165) is 0 Å². The standard InChI is InChI=1S/C11H9F5N2O/c1-10(2)9(19)17-7-4(11(14,15)16)3-5(12)6(13)8(7)18-10/h3,18H,1-2H3,(H,17,19). The number of hydrogen-bond acceptors (Lipinski definition) is 2. The fourth-order valence-electron chi connectivity index (χ4n) is 1.74. The Morgan fingerprint density at radius 3 is 2.26 bits per heavy atom. The minimum atomic E-state index is -4.91. The predicted molar refractivity (Wildman–Crippen MR) is 57.7 cm³/mol. The Kier molecular flexibility index (Phi) is 2.72. The van der Waals surface area contributed by atoms with Gasteiger partial charge in [-0.2, -0.15) is 13.2 Å². The third-order valence-electron chi connectivity index (χ3n) is 2.77. The Morgan fingerprint density at radius 2 is 1.74 bits per heavy atom. The fraction of sp³-hybridized carbons (Fsp3) is 0.364. The molecule has 2 N–H and O–H groups in total. The third kappa shape index (κ3) is 2.11. The van der Waals surface area contributed by atoms with Crippen LogP contribution in [-0.2, 0) is 11.0 Å². The van der Waals surface area contributed by atoms with Crippen molar-refractivity contribution in [2.24, 2.45) is 0 Å². The highest BCUT2D eigenvalue weighted by Crippen LogP contribution is 2.44. The lowest BCUT2D eigenvalue weighted by Crippen LogP contribution is -2.48. The molecular formula is C11H9F5N2O. The van der Waals surface area contributed by atoms with Gasteiger partial charge < -0.3 is 10.6 Å². The highest BCUT2D eigenvalue weighted by Gasteiger charge is 2.42. The molecule has 8 heteroatoms. The largest absolute Gasteiger partial charge is 0.418 e. The van der Waals surface area contributed by atoms with Crippen LogP contribution in [0.2, 0.25) is 0 Å². The number of fused-ring (bicyclic) bond motifs is 1. The van der Waals surface area contributed by atoms with E-state index in [9.17, 15) is 26.7 Å². The Labute approximate surface area is 104 Å². The number of benzene rings is 1. The summed E-state index contributed by atoms with van der Waals surface area (Å²) in [5.41, 5.74) is -4.27. The van der Waals surface area contributed by atoms with Crippen molar-refractivity contribution in [3.8, 4) is 0 Å². The zero-order valence-electron chi connectivity index (χ0n) is 9.88. The van der Waals surface area contributed by atoms with Gasteiger partial charge in [-0.05, 0) is 19.9 Å². The van der Waals surface area contributed by atoms with E-state index in [4.69, 9.17) is 0 Å². The van der Waals surface area contributed by atoms with Crippen molar-refractivity contribution in [3.63, 3.8) is 0 Å². The molecule has 3 nitrogen and oxygen atoms in total. The molecule has 1 heterocycles. The van der Waals surface area contributed by atoms with E-state index in [1.807, 2.05) is 5.32 Å². The molecular weight excluding hydrogens is 271 g/mol. The Balaban J connectivity index is 2.72. The maximum Gasteiger partial charge on any atom is 0.418 e. The monoisotopic (exact) mass is 280 g/mol. The first kappa shape index (κ1) is 13.6. The zero-order chi connectivity index (χ0) is 14.6. The van der Waals surface area contributed by atoms with Crippen LogP contribution in [-0.4, -0.2) is 11.4 Å². The topological polar surface area (TPSA) is 41.1 Å². The van der Waals surface area contributed by atoms with Crippen molar-refractivity contribution < 1.29 is 26.7 Å². The molecule has 0 spiro atoms. The minimum absolute atomic E-state index is 0.0223. The Hall–Kier alpha value is -1.86. The number of amides is 1. The number of carbonyl (C=O) groups is 1. The van der Waals surface area contributed by atoms with Crippen LogP contribution in [0.3, 0.4) is 0 Å². The van der Waals surface area contributed by atoms with Gasteiger partial charge in [-0.1, -0.05) is 0 Å². The van der Waals surface area contributed by atoms with Crippen LogP contribution in [0.25, 0.3) is 0 Å². The summed E-state index contributed by atoms with van der Waals surface area (Å²) in [6.45, 7) is 2.67. The van der Waals surface area contributed by atoms with Gasteiger partial charge in [0.1, 0.15) is 5.54 Å². The molecule has 0 aliphatic carbocycles. The quantitative estimate of drug-likeness (QED) is 0.717. The SMILES string of the molecule is CC1(C)Nc2c(F)c(F)cc(C(F)(F)F)c2NC1=O. The van der Waals surface area contributed by atoms with Crippen molar-refractivity contribution in [3.05, 3.63) is 23.3 Å². The number of hydrogen-bond donors (Lipinski definition) is 2. The van der Waals surface area contributed by atoms with Gasteiger partial charge >= 0.3 is 6.18 Å². The van der Waals surface area contributed by atoms with E-state index < -0.39 is 46.2 Å². The molecule has 0 bridgehead atoms. The van der Waals surface area contributed by atoms with Gasteiger partial charge in [0.05, 0.1) is 16.9 Å². The van der Waals surface area contributed by atoms with E-state index in [-0.39, 0.29) is 6.07 Å². The van der Waals surface area contributed by atoms with Gasteiger partial charge in [0.2, 0.25) is 5.91 Å². The molecule has 0 fully saturated rings. The van der Waals surface area contributed by atoms with Gasteiger partial charge in [0.15, 0.2) is 11.6 Å². The predicted octanol–water partition coefficient (Wildman–Crippen LogP) is 3.13. The highest BCUT2D eigenvalue weighted by molar-refractivity contribution is 6.06. The molecule has 2 rings (SSSR count). The van der Waals surface area contributed by atoms with Crippen LogP contribution in [0.4, 0.5) is 33.3 Å². The molecule has 0 aromatic heterocycles. The number of rotatable bonds is 0. The average molecular weight is 280 g/mol. The first-order valence-electron chi connectivity index (χ1n) is 5.23. The maximum absolute atomic E-state index is 13.6. The van der Waals surface area contributed by atoms with E-state index in [0.29, 0.717) is 0 Å². The summed E-state index contributed by atoms with van der Waals surface area (Å²) in [5.74, 6) is -3.86. The van der Waals surface area contributed by atoms with Crippen LogP contribution in [0, 0.1) is 11.6 Å².